The van der Waals surface area contributed by atoms with Crippen LogP contribution >= 0.6 is 0 Å². The van der Waals surface area contributed by atoms with Crippen molar-refractivity contribution >= 4 is 71.0 Å². The van der Waals surface area contributed by atoms with Crippen LogP contribution in [-0.4, -0.2) is 184 Å². The molecule has 1 aliphatic heterocycles. The first-order chi connectivity index (χ1) is 34.1. The van der Waals surface area contributed by atoms with E-state index in [0.717, 1.165) is 4.90 Å². The predicted molar refractivity (Wildman–Crippen MR) is 262 cm³/mol. The van der Waals surface area contributed by atoms with Gasteiger partial charge in [0, 0.05) is 13.1 Å². The number of hydrogen-bond acceptors (Lipinski definition) is 16. The highest BCUT2D eigenvalue weighted by atomic mass is 16.4. The Balaban J connectivity index is 3.39. The maximum atomic E-state index is 14.3. The van der Waals surface area contributed by atoms with Gasteiger partial charge in [-0.15, -0.1) is 0 Å². The van der Waals surface area contributed by atoms with Gasteiger partial charge in [0.2, 0.25) is 59.1 Å². The first-order valence-electron chi connectivity index (χ1n) is 24.2. The van der Waals surface area contributed by atoms with Crippen molar-refractivity contribution in [3.8, 4) is 0 Å². The number of amides is 10. The summed E-state index contributed by atoms with van der Waals surface area (Å²) in [4.78, 5) is 149. The van der Waals surface area contributed by atoms with E-state index < -0.39 is 151 Å². The molecule has 73 heavy (non-hydrogen) atoms. The summed E-state index contributed by atoms with van der Waals surface area (Å²) in [6, 6.07) is -11.3. The van der Waals surface area contributed by atoms with E-state index in [1.165, 1.54) is 13.8 Å². The number of carbonyl (C=O) groups is 11. The molecule has 1 saturated heterocycles. The van der Waals surface area contributed by atoms with E-state index in [2.05, 4.69) is 47.5 Å². The maximum absolute atomic E-state index is 14.3. The third kappa shape index (κ3) is 23.6. The quantitative estimate of drug-likeness (QED) is 0.0165. The molecule has 0 aromatic carbocycles. The summed E-state index contributed by atoms with van der Waals surface area (Å²) in [6.45, 7) is 8.11. The fourth-order valence-electron chi connectivity index (χ4n) is 7.44. The van der Waals surface area contributed by atoms with Gasteiger partial charge < -0.3 is 91.4 Å². The molecule has 29 heteroatoms. The minimum absolute atomic E-state index is 0.00760. The van der Waals surface area contributed by atoms with Gasteiger partial charge >= 0.3 is 5.97 Å². The van der Waals surface area contributed by atoms with Crippen molar-refractivity contribution < 1.29 is 68.1 Å². The average Bonchev–Trinajstić information content (AvgIpc) is 3.80. The number of carboxylic acids is 1. The number of aliphatic imine (C=N–C) groups is 1. The Bertz CT molecular complexity index is 1950. The van der Waals surface area contributed by atoms with Crippen LogP contribution in [0.15, 0.2) is 4.99 Å². The van der Waals surface area contributed by atoms with Crippen LogP contribution in [0.3, 0.4) is 0 Å². The SMILES string of the molecule is CC(C)C[C@H](NC(=O)[C@@H](NC(=O)[C@@H](N)CC(N)=O)[C@@H](C)O)C(=O)N[C@@H](CCCCN)C(=O)N[C@H](C(=O)N1CCC[C@H]1C(=O)N[C@@H](CCCN=C(N)N)C(=O)N[C@H](C(=O)NCC(=O)NCC(=O)O)C(C)C)[C@@H](C)O. The molecule has 0 aromatic rings. The Morgan fingerprint density at radius 2 is 1.19 bits per heavy atom. The third-order valence-electron chi connectivity index (χ3n) is 11.3. The number of guanidine groups is 1. The van der Waals surface area contributed by atoms with Gasteiger partial charge in [0.05, 0.1) is 31.2 Å². The average molecular weight is 1040 g/mol. The summed E-state index contributed by atoms with van der Waals surface area (Å²) in [7, 11) is 0. The summed E-state index contributed by atoms with van der Waals surface area (Å²) >= 11 is 0. The smallest absolute Gasteiger partial charge is 0.322 e. The Hall–Kier alpha value is -6.72. The Kier molecular flexibility index (Phi) is 28.5. The van der Waals surface area contributed by atoms with Crippen LogP contribution < -0.4 is 71.2 Å². The topological polar surface area (TPSA) is 490 Å². The van der Waals surface area contributed by atoms with Crippen LogP contribution in [-0.2, 0) is 52.7 Å². The summed E-state index contributed by atoms with van der Waals surface area (Å²) in [5, 5.41) is 49.6. The van der Waals surface area contributed by atoms with Crippen LogP contribution in [0.5, 0.6) is 0 Å². The molecule has 0 aromatic heterocycles. The molecule has 0 unspecified atom stereocenters. The molecule has 10 amide bonds. The first kappa shape index (κ1) is 64.3. The van der Waals surface area contributed by atoms with Crippen molar-refractivity contribution in [3.05, 3.63) is 0 Å². The lowest BCUT2D eigenvalue weighted by molar-refractivity contribution is -0.145. The van der Waals surface area contributed by atoms with Crippen molar-refractivity contribution in [2.45, 2.75) is 160 Å². The minimum atomic E-state index is -1.67. The normalized spacial score (nSPS) is 16.9. The second-order valence-electron chi connectivity index (χ2n) is 18.6. The number of rotatable bonds is 33. The largest absolute Gasteiger partial charge is 0.480 e. The van der Waals surface area contributed by atoms with Gasteiger partial charge in [-0.05, 0) is 83.6 Å². The van der Waals surface area contributed by atoms with E-state index in [0.29, 0.717) is 19.3 Å². The number of nitrogens with zero attached hydrogens (tertiary/aromatic N) is 2. The molecule has 1 aliphatic rings. The lowest BCUT2D eigenvalue weighted by Crippen LogP contribution is -2.62. The number of primary amides is 1. The lowest BCUT2D eigenvalue weighted by atomic mass is 10.0. The van der Waals surface area contributed by atoms with Crippen molar-refractivity contribution in [1.82, 2.24) is 47.4 Å². The van der Waals surface area contributed by atoms with E-state index >= 15 is 0 Å². The highest BCUT2D eigenvalue weighted by Gasteiger charge is 2.42. The molecule has 10 atom stereocenters. The summed E-state index contributed by atoms with van der Waals surface area (Å²) in [5.41, 5.74) is 27.4. The van der Waals surface area contributed by atoms with E-state index in [-0.39, 0.29) is 63.6 Å². The number of aliphatic hydroxyl groups excluding tert-OH is 2. The summed E-state index contributed by atoms with van der Waals surface area (Å²) in [5.74, 6) is -11.0. The lowest BCUT2D eigenvalue weighted by Gasteiger charge is -2.32. The molecule has 0 spiro atoms. The molecular weight excluding hydrogens is 963 g/mol. The number of aliphatic hydroxyl groups is 2. The number of carboxylic acid groups (broad SMARTS) is 1. The number of hydrogen-bond donors (Lipinski definition) is 16. The second-order valence-corrected chi connectivity index (χ2v) is 18.6. The van der Waals surface area contributed by atoms with Crippen LogP contribution in [0.4, 0.5) is 0 Å². The zero-order valence-electron chi connectivity index (χ0n) is 42.4. The van der Waals surface area contributed by atoms with Gasteiger partial charge in [0.25, 0.3) is 0 Å². The molecule has 0 bridgehead atoms. The maximum Gasteiger partial charge on any atom is 0.322 e. The molecule has 21 N–H and O–H groups in total. The van der Waals surface area contributed by atoms with Gasteiger partial charge in [0.15, 0.2) is 5.96 Å². The number of nitrogens with one attached hydrogen (secondary N) is 8. The van der Waals surface area contributed by atoms with Crippen LogP contribution in [0.25, 0.3) is 0 Å². The van der Waals surface area contributed by atoms with Gasteiger partial charge in [-0.3, -0.25) is 57.7 Å². The van der Waals surface area contributed by atoms with Gasteiger partial charge in [-0.25, -0.2) is 0 Å². The Morgan fingerprint density at radius 1 is 0.644 bits per heavy atom. The van der Waals surface area contributed by atoms with Crippen molar-refractivity contribution in [2.24, 2.45) is 45.5 Å². The molecule has 1 heterocycles. The van der Waals surface area contributed by atoms with Crippen molar-refractivity contribution in [2.75, 3.05) is 32.7 Å². The highest BCUT2D eigenvalue weighted by Crippen LogP contribution is 2.21. The fourth-order valence-corrected chi connectivity index (χ4v) is 7.44. The molecular formula is C44H79N15O14. The molecule has 0 aliphatic carbocycles. The number of likely N-dealkylation sites (tertiary alicyclic amines) is 1. The van der Waals surface area contributed by atoms with Crippen molar-refractivity contribution in [1.29, 1.82) is 0 Å². The van der Waals surface area contributed by atoms with E-state index in [1.54, 1.807) is 27.7 Å². The third-order valence-corrected chi connectivity index (χ3v) is 11.3. The van der Waals surface area contributed by atoms with Gasteiger partial charge in [0.1, 0.15) is 48.8 Å². The highest BCUT2D eigenvalue weighted by molar-refractivity contribution is 5.99. The second kappa shape index (κ2) is 32.4. The minimum Gasteiger partial charge on any atom is -0.480 e. The first-order valence-corrected chi connectivity index (χ1v) is 24.2. The number of carbonyl (C=O) groups excluding carboxylic acids is 10. The zero-order chi connectivity index (χ0) is 55.7. The van der Waals surface area contributed by atoms with Crippen LogP contribution in [0.1, 0.15) is 99.3 Å². The molecule has 414 valence electrons. The summed E-state index contributed by atoms with van der Waals surface area (Å²) in [6.07, 6.45) is -2.43. The van der Waals surface area contributed by atoms with Gasteiger partial charge in [-0.2, -0.15) is 0 Å². The number of nitrogens with two attached hydrogens (primary N) is 5. The van der Waals surface area contributed by atoms with Crippen molar-refractivity contribution in [3.63, 3.8) is 0 Å². The van der Waals surface area contributed by atoms with Crippen LogP contribution in [0, 0.1) is 11.8 Å². The molecule has 29 nitrogen and oxygen atoms in total. The van der Waals surface area contributed by atoms with Gasteiger partial charge in [-0.1, -0.05) is 27.7 Å². The Morgan fingerprint density at radius 3 is 1.73 bits per heavy atom. The molecule has 0 radical (unpaired) electrons. The Labute approximate surface area is 423 Å². The molecule has 1 fully saturated rings. The number of aliphatic carboxylic acids is 1. The standard InChI is InChI=1S/C44H79N15O14/c1-21(2)17-28(55-42(72)34(23(5)60)57-36(66)25(46)18-30(47)62)39(69)53-26(11-7-8-14-45)38(68)58-35(24(6)61)43(73)59-16-10-13-29(59)40(70)54-27(12-9-15-50-44(48)49)37(67)56-33(22(3)4)41(71)52-19-31(63)51-20-32(64)65/h21-29,33-35,60-61H,7-20,45-46H2,1-6H3,(H2,47,62)(H,51,63)(H,52,71)(H,53,69)(H,54,70)(H,55,72)(H,56,67)(H,57,66)(H,58,68)(H,64,65)(H4,48,49,50)/t23-,24-,25+,26+,27+,28+,29+,33+,34+,35+/m1/s1. The van der Waals surface area contributed by atoms with Crippen LogP contribution in [0.2, 0.25) is 0 Å². The molecule has 1 rings (SSSR count). The van der Waals surface area contributed by atoms with E-state index in [9.17, 15) is 63.0 Å². The number of unbranched alkanes of at least 4 members (excludes halogenated alkanes) is 1. The van der Waals surface area contributed by atoms with E-state index in [4.69, 9.17) is 33.8 Å². The summed E-state index contributed by atoms with van der Waals surface area (Å²) < 4.78 is 0. The predicted octanol–water partition coefficient (Wildman–Crippen LogP) is -6.95. The van der Waals surface area contributed by atoms with E-state index in [1.807, 2.05) is 0 Å². The monoisotopic (exact) mass is 1040 g/mol. The fraction of sp³-hybridized carbons (Fsp3) is 0.727. The zero-order valence-corrected chi connectivity index (χ0v) is 42.4. The molecule has 0 saturated carbocycles.